The molecule has 2 atom stereocenters. The first kappa shape index (κ1) is 11.2. The van der Waals surface area contributed by atoms with Crippen LogP contribution >= 0.6 is 11.3 Å². The third-order valence-corrected chi connectivity index (χ3v) is 5.24. The molecule has 0 spiro atoms. The van der Waals surface area contributed by atoms with E-state index < -0.39 is 0 Å². The van der Waals surface area contributed by atoms with Crippen LogP contribution in [0.2, 0.25) is 0 Å². The molecule has 96 valence electrons. The molecule has 2 aromatic rings. The molecule has 0 amide bonds. The Hall–Kier alpha value is -1.68. The molecule has 4 rings (SSSR count). The van der Waals surface area contributed by atoms with Gasteiger partial charge in [-0.25, -0.2) is 0 Å². The van der Waals surface area contributed by atoms with Gasteiger partial charge >= 0.3 is 0 Å². The molecule has 0 unspecified atom stereocenters. The highest BCUT2D eigenvalue weighted by molar-refractivity contribution is 7.16. The minimum Gasteiger partial charge on any atom is -0.318 e. The molecule has 4 heteroatoms. The highest BCUT2D eigenvalue weighted by Gasteiger charge is 2.37. The smallest absolute Gasteiger partial charge is 0.211 e. The standard InChI is InChI=1S/C15H15N3S/c1-18-13-7-2-3-8-14(13)19-15(18)17-16-12-9-10-5-4-6-11(10)12/h2-5,7-8,10-11H,6,9H2,1H3/b16-12-,17-15+/t10-,11-/m1/s1. The highest BCUT2D eigenvalue weighted by Crippen LogP contribution is 2.40. The lowest BCUT2D eigenvalue weighted by Gasteiger charge is -2.31. The van der Waals surface area contributed by atoms with Crippen LogP contribution in [0.3, 0.4) is 0 Å². The second kappa shape index (κ2) is 4.17. The number of thiazole rings is 1. The third kappa shape index (κ3) is 1.70. The molecule has 3 nitrogen and oxygen atoms in total. The second-order valence-corrected chi connectivity index (χ2v) is 6.25. The minimum absolute atomic E-state index is 0.642. The van der Waals surface area contributed by atoms with Gasteiger partial charge in [-0.15, -0.1) is 5.10 Å². The maximum absolute atomic E-state index is 4.49. The molecule has 0 aliphatic heterocycles. The minimum atomic E-state index is 0.642. The number of benzene rings is 1. The van der Waals surface area contributed by atoms with Gasteiger partial charge in [0, 0.05) is 18.7 Å². The predicted octanol–water partition coefficient (Wildman–Crippen LogP) is 3.09. The molecule has 0 saturated heterocycles. The Morgan fingerprint density at radius 2 is 2.16 bits per heavy atom. The fraction of sp³-hybridized carbons (Fsp3) is 0.333. The van der Waals surface area contributed by atoms with Crippen LogP contribution in [0.4, 0.5) is 0 Å². The van der Waals surface area contributed by atoms with Crippen molar-refractivity contribution in [2.24, 2.45) is 29.1 Å². The molecule has 1 saturated carbocycles. The number of aryl methyl sites for hydroxylation is 1. The lowest BCUT2D eigenvalue weighted by atomic mass is 9.74. The number of aromatic nitrogens is 1. The monoisotopic (exact) mass is 269 g/mol. The zero-order valence-electron chi connectivity index (χ0n) is 10.8. The fourth-order valence-corrected chi connectivity index (χ4v) is 3.90. The first-order chi connectivity index (χ1) is 9.33. The van der Waals surface area contributed by atoms with Gasteiger partial charge in [-0.05, 0) is 30.9 Å². The maximum atomic E-state index is 4.49. The number of fused-ring (bicyclic) bond motifs is 2. The summed E-state index contributed by atoms with van der Waals surface area (Å²) < 4.78 is 3.38. The number of nitrogens with zero attached hydrogens (tertiary/aromatic N) is 3. The van der Waals surface area contributed by atoms with Crippen LogP contribution in [-0.2, 0) is 7.05 Å². The normalized spacial score (nSPS) is 28.1. The zero-order valence-corrected chi connectivity index (χ0v) is 11.6. The second-order valence-electron chi connectivity index (χ2n) is 5.24. The van der Waals surface area contributed by atoms with Gasteiger partial charge in [0.05, 0.1) is 10.2 Å². The SMILES string of the molecule is Cn1/c(=N\N=C2\C[C@H]3C=CC[C@@H]23)sc2ccccc21. The van der Waals surface area contributed by atoms with Crippen LogP contribution in [0.1, 0.15) is 12.8 Å². The van der Waals surface area contributed by atoms with Gasteiger partial charge in [-0.3, -0.25) is 0 Å². The van der Waals surface area contributed by atoms with Crippen LogP contribution in [-0.4, -0.2) is 10.3 Å². The van der Waals surface area contributed by atoms with Crippen molar-refractivity contribution in [3.8, 4) is 0 Å². The van der Waals surface area contributed by atoms with E-state index in [-0.39, 0.29) is 0 Å². The number of hydrogen-bond acceptors (Lipinski definition) is 3. The average molecular weight is 269 g/mol. The zero-order chi connectivity index (χ0) is 12.8. The molecule has 1 fully saturated rings. The Labute approximate surface area is 115 Å². The molecule has 0 bridgehead atoms. The van der Waals surface area contributed by atoms with Gasteiger partial charge in [0.25, 0.3) is 0 Å². The number of allylic oxidation sites excluding steroid dienone is 2. The van der Waals surface area contributed by atoms with E-state index in [4.69, 9.17) is 0 Å². The number of rotatable bonds is 1. The molecule has 1 aromatic heterocycles. The lowest BCUT2D eigenvalue weighted by Crippen LogP contribution is -2.33. The largest absolute Gasteiger partial charge is 0.318 e. The Kier molecular flexibility index (Phi) is 2.45. The van der Waals surface area contributed by atoms with Crippen molar-refractivity contribution in [2.75, 3.05) is 0 Å². The first-order valence-corrected chi connectivity index (χ1v) is 7.46. The van der Waals surface area contributed by atoms with Gasteiger partial charge in [0.2, 0.25) is 4.80 Å². The van der Waals surface area contributed by atoms with Crippen molar-refractivity contribution < 1.29 is 0 Å². The van der Waals surface area contributed by atoms with Gasteiger partial charge < -0.3 is 4.57 Å². The van der Waals surface area contributed by atoms with Gasteiger partial charge in [-0.1, -0.05) is 35.6 Å². The average Bonchev–Trinajstić information content (AvgIpc) is 2.93. The molecular formula is C15H15N3S. The van der Waals surface area contributed by atoms with E-state index in [2.05, 4.69) is 58.2 Å². The fourth-order valence-electron chi connectivity index (χ4n) is 2.93. The number of para-hydroxylation sites is 1. The van der Waals surface area contributed by atoms with Crippen molar-refractivity contribution in [1.82, 2.24) is 4.57 Å². The third-order valence-electron chi connectivity index (χ3n) is 4.14. The molecule has 0 radical (unpaired) electrons. The van der Waals surface area contributed by atoms with E-state index in [1.54, 1.807) is 11.3 Å². The first-order valence-electron chi connectivity index (χ1n) is 6.64. The quantitative estimate of drug-likeness (QED) is 0.562. The summed E-state index contributed by atoms with van der Waals surface area (Å²) in [6.07, 6.45) is 6.84. The molecule has 19 heavy (non-hydrogen) atoms. The maximum Gasteiger partial charge on any atom is 0.211 e. The van der Waals surface area contributed by atoms with Crippen LogP contribution in [0.25, 0.3) is 10.2 Å². The molecule has 2 aliphatic carbocycles. The van der Waals surface area contributed by atoms with Crippen LogP contribution < -0.4 is 4.80 Å². The topological polar surface area (TPSA) is 29.6 Å². The summed E-state index contributed by atoms with van der Waals surface area (Å²) in [5.74, 6) is 1.38. The molecule has 2 aliphatic rings. The van der Waals surface area contributed by atoms with Crippen LogP contribution in [0.15, 0.2) is 46.6 Å². The van der Waals surface area contributed by atoms with E-state index in [0.717, 1.165) is 23.6 Å². The van der Waals surface area contributed by atoms with Crippen LogP contribution in [0.5, 0.6) is 0 Å². The summed E-state index contributed by atoms with van der Waals surface area (Å²) in [6.45, 7) is 0. The van der Waals surface area contributed by atoms with Crippen LogP contribution in [0, 0.1) is 11.8 Å². The van der Waals surface area contributed by atoms with Crippen molar-refractivity contribution in [3.63, 3.8) is 0 Å². The number of hydrogen-bond donors (Lipinski definition) is 0. The lowest BCUT2D eigenvalue weighted by molar-refractivity contribution is 0.465. The summed E-state index contributed by atoms with van der Waals surface area (Å²) in [4.78, 5) is 0.975. The van der Waals surface area contributed by atoms with E-state index >= 15 is 0 Å². The molecule has 1 aromatic carbocycles. The van der Waals surface area contributed by atoms with Gasteiger partial charge in [0.15, 0.2) is 0 Å². The summed E-state index contributed by atoms with van der Waals surface area (Å²) in [5.41, 5.74) is 2.49. The summed E-state index contributed by atoms with van der Waals surface area (Å²) in [7, 11) is 2.05. The molecule has 1 heterocycles. The predicted molar refractivity (Wildman–Crippen MR) is 79.1 cm³/mol. The van der Waals surface area contributed by atoms with E-state index in [9.17, 15) is 0 Å². The van der Waals surface area contributed by atoms with Crippen molar-refractivity contribution in [2.45, 2.75) is 12.8 Å². The molecule has 0 N–H and O–H groups in total. The Morgan fingerprint density at radius 3 is 3.00 bits per heavy atom. The van der Waals surface area contributed by atoms with Crippen molar-refractivity contribution in [3.05, 3.63) is 41.2 Å². The molecular weight excluding hydrogens is 254 g/mol. The summed E-state index contributed by atoms with van der Waals surface area (Å²) in [5, 5.41) is 8.96. The van der Waals surface area contributed by atoms with E-state index in [1.165, 1.54) is 15.9 Å². The van der Waals surface area contributed by atoms with Crippen molar-refractivity contribution in [1.29, 1.82) is 0 Å². The van der Waals surface area contributed by atoms with E-state index in [0.29, 0.717) is 5.92 Å². The van der Waals surface area contributed by atoms with E-state index in [1.807, 2.05) is 0 Å². The Morgan fingerprint density at radius 1 is 1.26 bits per heavy atom. The Balaban J connectivity index is 1.73. The summed E-state index contributed by atoms with van der Waals surface area (Å²) >= 11 is 1.70. The van der Waals surface area contributed by atoms with Gasteiger partial charge in [0.1, 0.15) is 0 Å². The van der Waals surface area contributed by atoms with Crippen molar-refractivity contribution >= 4 is 27.3 Å². The Bertz CT molecular complexity index is 763. The van der Waals surface area contributed by atoms with Gasteiger partial charge in [-0.2, -0.15) is 5.10 Å². The highest BCUT2D eigenvalue weighted by atomic mass is 32.1. The summed E-state index contributed by atoms with van der Waals surface area (Å²) in [6, 6.07) is 8.38.